The highest BCUT2D eigenvalue weighted by atomic mass is 16.5. The van der Waals surface area contributed by atoms with Crippen LogP contribution in [0.5, 0.6) is 0 Å². The van der Waals surface area contributed by atoms with Gasteiger partial charge in [0.2, 0.25) is 0 Å². The summed E-state index contributed by atoms with van der Waals surface area (Å²) >= 11 is 0. The van der Waals surface area contributed by atoms with Gasteiger partial charge in [-0.1, -0.05) is 6.92 Å². The minimum atomic E-state index is -0.342. The zero-order valence-corrected chi connectivity index (χ0v) is 13.4. The second-order valence-electron chi connectivity index (χ2n) is 4.94. The average molecular weight is 294 g/mol. The molecule has 0 bridgehead atoms. The molecule has 1 unspecified atom stereocenters. The minimum absolute atomic E-state index is 0.289. The Labute approximate surface area is 127 Å². The number of esters is 1. The summed E-state index contributed by atoms with van der Waals surface area (Å²) in [6, 6.07) is 5.65. The summed E-state index contributed by atoms with van der Waals surface area (Å²) in [5.74, 6) is -0.342. The lowest BCUT2D eigenvalue weighted by molar-refractivity contribution is 0.0527. The largest absolute Gasteiger partial charge is 0.462 e. The van der Waals surface area contributed by atoms with Crippen LogP contribution in [0.3, 0.4) is 0 Å². The summed E-state index contributed by atoms with van der Waals surface area (Å²) < 4.78 is 10.3. The molecule has 0 fully saturated rings. The molecule has 0 spiro atoms. The molecule has 0 aliphatic heterocycles. The molecule has 0 aromatic heterocycles. The van der Waals surface area contributed by atoms with Crippen LogP contribution in [-0.4, -0.2) is 38.9 Å². The van der Waals surface area contributed by atoms with Gasteiger partial charge in [0.15, 0.2) is 0 Å². The number of anilines is 2. The van der Waals surface area contributed by atoms with Crippen LogP contribution < -0.4 is 10.6 Å². The first-order valence-corrected chi connectivity index (χ1v) is 7.37. The van der Waals surface area contributed by atoms with Crippen molar-refractivity contribution >= 4 is 17.3 Å². The number of ether oxygens (including phenoxy) is 2. The highest BCUT2D eigenvalue weighted by Crippen LogP contribution is 2.26. The summed E-state index contributed by atoms with van der Waals surface area (Å²) in [5, 5.41) is 0. The lowest BCUT2D eigenvalue weighted by Crippen LogP contribution is -2.36. The van der Waals surface area contributed by atoms with Crippen LogP contribution in [0.2, 0.25) is 0 Å². The third kappa shape index (κ3) is 4.63. The van der Waals surface area contributed by atoms with E-state index in [0.29, 0.717) is 31.0 Å². The first-order chi connectivity index (χ1) is 10.0. The monoisotopic (exact) mass is 294 g/mol. The molecule has 0 heterocycles. The first-order valence-electron chi connectivity index (χ1n) is 7.37. The van der Waals surface area contributed by atoms with Crippen LogP contribution in [0.25, 0.3) is 0 Å². The Balaban J connectivity index is 3.19. The molecular weight excluding hydrogens is 268 g/mol. The van der Waals surface area contributed by atoms with Crippen molar-refractivity contribution in [3.05, 3.63) is 23.8 Å². The maximum Gasteiger partial charge on any atom is 0.340 e. The molecule has 0 aliphatic rings. The Kier molecular flexibility index (Phi) is 7.02. The molecule has 0 aliphatic carbocycles. The summed E-state index contributed by atoms with van der Waals surface area (Å²) in [4.78, 5) is 14.3. The minimum Gasteiger partial charge on any atom is -0.462 e. The van der Waals surface area contributed by atoms with E-state index in [2.05, 4.69) is 18.7 Å². The molecule has 118 valence electrons. The molecule has 5 nitrogen and oxygen atoms in total. The third-order valence-corrected chi connectivity index (χ3v) is 3.48. The average Bonchev–Trinajstić information content (AvgIpc) is 2.48. The molecule has 5 heteroatoms. The third-order valence-electron chi connectivity index (χ3n) is 3.48. The second kappa shape index (κ2) is 8.52. The van der Waals surface area contributed by atoms with Gasteiger partial charge in [-0.05, 0) is 38.5 Å². The van der Waals surface area contributed by atoms with E-state index < -0.39 is 0 Å². The van der Waals surface area contributed by atoms with E-state index in [0.717, 1.165) is 12.1 Å². The highest BCUT2D eigenvalue weighted by molar-refractivity contribution is 5.97. The van der Waals surface area contributed by atoms with Crippen molar-refractivity contribution in [3.8, 4) is 0 Å². The number of nitrogens with two attached hydrogens (primary N) is 1. The number of nitrogen functional groups attached to an aromatic ring is 1. The van der Waals surface area contributed by atoms with Gasteiger partial charge in [0.05, 0.1) is 24.5 Å². The molecule has 21 heavy (non-hydrogen) atoms. The molecule has 1 aromatic rings. The van der Waals surface area contributed by atoms with Gasteiger partial charge < -0.3 is 20.1 Å². The molecule has 1 aromatic carbocycles. The van der Waals surface area contributed by atoms with Crippen LogP contribution in [-0.2, 0) is 9.47 Å². The van der Waals surface area contributed by atoms with Gasteiger partial charge in [-0.15, -0.1) is 0 Å². The van der Waals surface area contributed by atoms with Crippen LogP contribution in [0.15, 0.2) is 18.2 Å². The smallest absolute Gasteiger partial charge is 0.340 e. The van der Waals surface area contributed by atoms with E-state index >= 15 is 0 Å². The van der Waals surface area contributed by atoms with Gasteiger partial charge in [0.25, 0.3) is 0 Å². The van der Waals surface area contributed by atoms with Crippen LogP contribution in [0.4, 0.5) is 11.4 Å². The lowest BCUT2D eigenvalue weighted by atomic mass is 10.1. The van der Waals surface area contributed by atoms with Gasteiger partial charge in [-0.2, -0.15) is 0 Å². The number of hydrogen-bond acceptors (Lipinski definition) is 5. The number of carbonyl (C=O) groups excluding carboxylic acids is 1. The molecular formula is C16H26N2O3. The zero-order valence-electron chi connectivity index (χ0n) is 13.4. The first kappa shape index (κ1) is 17.3. The quantitative estimate of drug-likeness (QED) is 0.590. The highest BCUT2D eigenvalue weighted by Gasteiger charge is 2.21. The van der Waals surface area contributed by atoms with E-state index in [9.17, 15) is 4.79 Å². The van der Waals surface area contributed by atoms with Crippen molar-refractivity contribution in [3.63, 3.8) is 0 Å². The Hall–Kier alpha value is -1.75. The zero-order chi connectivity index (χ0) is 15.8. The summed E-state index contributed by atoms with van der Waals surface area (Å²) in [7, 11) is 1.67. The van der Waals surface area contributed by atoms with Crippen molar-refractivity contribution in [1.82, 2.24) is 0 Å². The fourth-order valence-corrected chi connectivity index (χ4v) is 2.16. The Bertz CT molecular complexity index is 463. The number of carbonyl (C=O) groups is 1. The number of hydrogen-bond donors (Lipinski definition) is 1. The molecule has 2 N–H and O–H groups in total. The van der Waals surface area contributed by atoms with Crippen molar-refractivity contribution in [2.45, 2.75) is 33.2 Å². The van der Waals surface area contributed by atoms with Crippen molar-refractivity contribution in [2.75, 3.05) is 37.5 Å². The molecule has 1 rings (SSSR count). The fourth-order valence-electron chi connectivity index (χ4n) is 2.16. The summed E-state index contributed by atoms with van der Waals surface area (Å²) in [5.41, 5.74) is 7.72. The molecule has 0 saturated heterocycles. The van der Waals surface area contributed by atoms with Gasteiger partial charge in [-0.3, -0.25) is 0 Å². The molecule has 0 amide bonds. The van der Waals surface area contributed by atoms with Crippen molar-refractivity contribution < 1.29 is 14.3 Å². The molecule has 0 radical (unpaired) electrons. The Morgan fingerprint density at radius 2 is 2.10 bits per heavy atom. The van der Waals surface area contributed by atoms with Crippen molar-refractivity contribution in [1.29, 1.82) is 0 Å². The van der Waals surface area contributed by atoms with Crippen molar-refractivity contribution in [2.24, 2.45) is 0 Å². The van der Waals surface area contributed by atoms with E-state index in [1.54, 1.807) is 26.2 Å². The summed E-state index contributed by atoms with van der Waals surface area (Å²) in [6.07, 6.45) is 0.969. The number of nitrogens with zero attached hydrogens (tertiary/aromatic N) is 1. The maximum absolute atomic E-state index is 12.2. The normalized spacial score (nSPS) is 12.0. The second-order valence-corrected chi connectivity index (χ2v) is 4.94. The van der Waals surface area contributed by atoms with Crippen LogP contribution in [0.1, 0.15) is 37.6 Å². The van der Waals surface area contributed by atoms with Gasteiger partial charge >= 0.3 is 5.97 Å². The van der Waals surface area contributed by atoms with E-state index in [-0.39, 0.29) is 12.0 Å². The van der Waals surface area contributed by atoms with Crippen LogP contribution >= 0.6 is 0 Å². The maximum atomic E-state index is 12.2. The fraction of sp³-hybridized carbons (Fsp3) is 0.562. The van der Waals surface area contributed by atoms with Gasteiger partial charge in [0, 0.05) is 25.4 Å². The SMILES string of the molecule is CCOC(=O)c1cc(N)ccc1N(CCOC)C(C)CC. The molecule has 0 saturated carbocycles. The summed E-state index contributed by atoms with van der Waals surface area (Å²) in [6.45, 7) is 7.68. The lowest BCUT2D eigenvalue weighted by Gasteiger charge is -2.32. The molecule has 1 atom stereocenters. The number of benzene rings is 1. The van der Waals surface area contributed by atoms with E-state index in [4.69, 9.17) is 15.2 Å². The van der Waals surface area contributed by atoms with Gasteiger partial charge in [-0.25, -0.2) is 4.79 Å². The number of rotatable bonds is 8. The Morgan fingerprint density at radius 1 is 1.38 bits per heavy atom. The number of methoxy groups -OCH3 is 1. The topological polar surface area (TPSA) is 64.8 Å². The van der Waals surface area contributed by atoms with E-state index in [1.807, 2.05) is 6.07 Å². The van der Waals surface area contributed by atoms with Crippen LogP contribution in [0, 0.1) is 0 Å². The predicted octanol–water partition coefficient (Wildman–Crippen LogP) is 2.70. The Morgan fingerprint density at radius 3 is 2.67 bits per heavy atom. The van der Waals surface area contributed by atoms with E-state index in [1.165, 1.54) is 0 Å². The standard InChI is InChI=1S/C16H26N2O3/c1-5-12(3)18(9-10-20-4)15-8-7-13(17)11-14(15)16(19)21-6-2/h7-8,11-12H,5-6,9-10,17H2,1-4H3. The predicted molar refractivity (Wildman–Crippen MR) is 85.8 cm³/mol. The van der Waals surface area contributed by atoms with Gasteiger partial charge in [0.1, 0.15) is 0 Å².